The molecule has 3 heteroatoms. The molecule has 0 heterocycles. The maximum Gasteiger partial charge on any atom is 0.141 e. The number of para-hydroxylation sites is 2. The van der Waals surface area contributed by atoms with Crippen molar-refractivity contribution in [2.45, 2.75) is 51.5 Å². The average molecular weight is 277 g/mol. The van der Waals surface area contributed by atoms with Gasteiger partial charge in [0.05, 0.1) is 24.9 Å². The molecule has 0 spiro atoms. The Balaban J connectivity index is 2.19. The van der Waals surface area contributed by atoms with Gasteiger partial charge in [0, 0.05) is 0 Å². The molecule has 3 nitrogen and oxygen atoms in total. The van der Waals surface area contributed by atoms with Crippen LogP contribution in [0.25, 0.3) is 0 Å². The minimum atomic E-state index is -0.220. The molecule has 2 N–H and O–H groups in total. The molecular weight excluding hydrogens is 250 g/mol. The number of hydrogen-bond donors (Lipinski definition) is 2. The Hall–Kier alpha value is -1.22. The van der Waals surface area contributed by atoms with E-state index < -0.39 is 0 Å². The molecule has 1 aliphatic carbocycles. The third kappa shape index (κ3) is 3.45. The molecule has 2 rings (SSSR count). The molecule has 1 unspecified atom stereocenters. The minimum absolute atomic E-state index is 0.168. The molecule has 0 bridgehead atoms. The molecule has 20 heavy (non-hydrogen) atoms. The largest absolute Gasteiger partial charge is 0.495 e. The Morgan fingerprint density at radius 1 is 1.15 bits per heavy atom. The maximum atomic E-state index is 9.96. The van der Waals surface area contributed by atoms with Crippen molar-refractivity contribution >= 4 is 5.69 Å². The van der Waals surface area contributed by atoms with Crippen molar-refractivity contribution in [2.75, 3.05) is 19.0 Å². The first-order chi connectivity index (χ1) is 9.50. The van der Waals surface area contributed by atoms with E-state index in [9.17, 15) is 5.11 Å². The molecule has 1 aliphatic rings. The molecular formula is C17H27NO2. The van der Waals surface area contributed by atoms with Gasteiger partial charge in [-0.05, 0) is 43.2 Å². The zero-order valence-corrected chi connectivity index (χ0v) is 12.9. The zero-order chi connectivity index (χ0) is 14.6. The van der Waals surface area contributed by atoms with Crippen LogP contribution in [0.5, 0.6) is 5.75 Å². The Labute approximate surface area is 122 Å². The van der Waals surface area contributed by atoms with Gasteiger partial charge < -0.3 is 15.2 Å². The van der Waals surface area contributed by atoms with Crippen molar-refractivity contribution in [1.29, 1.82) is 0 Å². The van der Waals surface area contributed by atoms with E-state index in [0.29, 0.717) is 5.41 Å². The lowest BCUT2D eigenvalue weighted by molar-refractivity contribution is 0.190. The monoisotopic (exact) mass is 277 g/mol. The van der Waals surface area contributed by atoms with E-state index in [2.05, 4.69) is 19.2 Å². The summed E-state index contributed by atoms with van der Waals surface area (Å²) in [5.74, 6) is 0.837. The molecule has 1 fully saturated rings. The molecule has 0 saturated heterocycles. The van der Waals surface area contributed by atoms with Crippen LogP contribution in [0, 0.1) is 5.41 Å². The number of hydrogen-bond acceptors (Lipinski definition) is 3. The first-order valence-electron chi connectivity index (χ1n) is 7.52. The van der Waals surface area contributed by atoms with Gasteiger partial charge in [-0.2, -0.15) is 0 Å². The van der Waals surface area contributed by atoms with Gasteiger partial charge in [0.15, 0.2) is 0 Å². The normalized spacial score (nSPS) is 25.8. The van der Waals surface area contributed by atoms with Gasteiger partial charge in [-0.3, -0.25) is 0 Å². The first-order valence-corrected chi connectivity index (χ1v) is 7.52. The summed E-state index contributed by atoms with van der Waals surface area (Å²) in [6, 6.07) is 7.93. The summed E-state index contributed by atoms with van der Waals surface area (Å²) in [5.41, 5.74) is 1.13. The topological polar surface area (TPSA) is 41.5 Å². The Kier molecular flexibility index (Phi) is 4.59. The van der Waals surface area contributed by atoms with Gasteiger partial charge in [-0.1, -0.05) is 32.4 Å². The second kappa shape index (κ2) is 6.04. The second-order valence-electron chi connectivity index (χ2n) is 6.78. The highest BCUT2D eigenvalue weighted by Gasteiger charge is 2.35. The molecule has 1 atom stereocenters. The van der Waals surface area contributed by atoms with Gasteiger partial charge in [-0.15, -0.1) is 0 Å². The van der Waals surface area contributed by atoms with Crippen molar-refractivity contribution in [1.82, 2.24) is 0 Å². The molecule has 0 aliphatic heterocycles. The number of aliphatic hydroxyl groups is 1. The van der Waals surface area contributed by atoms with Crippen molar-refractivity contribution in [3.63, 3.8) is 0 Å². The van der Waals surface area contributed by atoms with Crippen LogP contribution in [0.4, 0.5) is 5.69 Å². The number of ether oxygens (including phenoxy) is 1. The van der Waals surface area contributed by atoms with Crippen molar-refractivity contribution in [3.05, 3.63) is 24.3 Å². The molecule has 0 amide bonds. The zero-order valence-electron chi connectivity index (χ0n) is 12.9. The van der Waals surface area contributed by atoms with Crippen LogP contribution in [0.3, 0.4) is 0 Å². The Morgan fingerprint density at radius 2 is 1.90 bits per heavy atom. The van der Waals surface area contributed by atoms with E-state index in [0.717, 1.165) is 37.1 Å². The molecule has 0 aromatic heterocycles. The third-order valence-electron chi connectivity index (χ3n) is 4.60. The quantitative estimate of drug-likeness (QED) is 0.822. The molecule has 1 aromatic carbocycles. The summed E-state index contributed by atoms with van der Waals surface area (Å²) in [6.07, 6.45) is 5.51. The van der Waals surface area contributed by atoms with E-state index in [4.69, 9.17) is 4.74 Å². The standard InChI is InChI=1S/C17H27NO2/c1-16(2)9-6-10-17(13-19,12-11-16)18-14-7-4-5-8-15(14)20-3/h4-5,7-8,18-19H,6,9-13H2,1-3H3. The fraction of sp³-hybridized carbons (Fsp3) is 0.647. The third-order valence-corrected chi connectivity index (χ3v) is 4.60. The van der Waals surface area contributed by atoms with Crippen LogP contribution < -0.4 is 10.1 Å². The lowest BCUT2D eigenvalue weighted by Crippen LogP contribution is -2.42. The van der Waals surface area contributed by atoms with E-state index in [1.807, 2.05) is 24.3 Å². The maximum absolute atomic E-state index is 9.96. The first kappa shape index (κ1) is 15.2. The lowest BCUT2D eigenvalue weighted by atomic mass is 9.83. The lowest BCUT2D eigenvalue weighted by Gasteiger charge is -2.34. The molecule has 0 radical (unpaired) electrons. The van der Waals surface area contributed by atoms with Gasteiger partial charge in [0.1, 0.15) is 5.75 Å². The summed E-state index contributed by atoms with van der Waals surface area (Å²) in [7, 11) is 1.68. The van der Waals surface area contributed by atoms with Crippen LogP contribution in [0.1, 0.15) is 46.0 Å². The molecule has 1 aromatic rings. The number of anilines is 1. The Bertz CT molecular complexity index is 444. The summed E-state index contributed by atoms with van der Waals surface area (Å²) in [4.78, 5) is 0. The highest BCUT2D eigenvalue weighted by Crippen LogP contribution is 2.40. The van der Waals surface area contributed by atoms with E-state index in [-0.39, 0.29) is 12.1 Å². The van der Waals surface area contributed by atoms with Crippen LogP contribution >= 0.6 is 0 Å². The van der Waals surface area contributed by atoms with E-state index >= 15 is 0 Å². The number of benzene rings is 1. The van der Waals surface area contributed by atoms with Gasteiger partial charge in [0.25, 0.3) is 0 Å². The Morgan fingerprint density at radius 3 is 2.60 bits per heavy atom. The van der Waals surface area contributed by atoms with Crippen molar-refractivity contribution in [3.8, 4) is 5.75 Å². The average Bonchev–Trinajstić information content (AvgIpc) is 2.59. The SMILES string of the molecule is COc1ccccc1NC1(CO)CCCC(C)(C)CC1. The number of methoxy groups -OCH3 is 1. The van der Waals surface area contributed by atoms with Crippen LogP contribution in [-0.2, 0) is 0 Å². The smallest absolute Gasteiger partial charge is 0.141 e. The highest BCUT2D eigenvalue weighted by molar-refractivity contribution is 5.57. The predicted molar refractivity (Wildman–Crippen MR) is 83.3 cm³/mol. The number of aliphatic hydroxyl groups excluding tert-OH is 1. The van der Waals surface area contributed by atoms with Gasteiger partial charge in [0.2, 0.25) is 0 Å². The van der Waals surface area contributed by atoms with Gasteiger partial charge in [-0.25, -0.2) is 0 Å². The molecule has 112 valence electrons. The summed E-state index contributed by atoms with van der Waals surface area (Å²) in [5, 5.41) is 13.5. The summed E-state index contributed by atoms with van der Waals surface area (Å²) >= 11 is 0. The minimum Gasteiger partial charge on any atom is -0.495 e. The van der Waals surface area contributed by atoms with Crippen LogP contribution in [0.15, 0.2) is 24.3 Å². The number of nitrogens with one attached hydrogen (secondary N) is 1. The van der Waals surface area contributed by atoms with Crippen molar-refractivity contribution < 1.29 is 9.84 Å². The number of rotatable bonds is 4. The van der Waals surface area contributed by atoms with Crippen LogP contribution in [-0.4, -0.2) is 24.4 Å². The van der Waals surface area contributed by atoms with Crippen molar-refractivity contribution in [2.24, 2.45) is 5.41 Å². The summed E-state index contributed by atoms with van der Waals surface area (Å²) in [6.45, 7) is 4.81. The van der Waals surface area contributed by atoms with Crippen LogP contribution in [0.2, 0.25) is 0 Å². The van der Waals surface area contributed by atoms with Gasteiger partial charge >= 0.3 is 0 Å². The fourth-order valence-electron chi connectivity index (χ4n) is 3.09. The predicted octanol–water partition coefficient (Wildman–Crippen LogP) is 3.83. The van der Waals surface area contributed by atoms with E-state index in [1.165, 1.54) is 6.42 Å². The highest BCUT2D eigenvalue weighted by atomic mass is 16.5. The summed E-state index contributed by atoms with van der Waals surface area (Å²) < 4.78 is 5.40. The molecule has 1 saturated carbocycles. The van der Waals surface area contributed by atoms with E-state index in [1.54, 1.807) is 7.11 Å². The fourth-order valence-corrected chi connectivity index (χ4v) is 3.09. The second-order valence-corrected chi connectivity index (χ2v) is 6.78.